The zero-order valence-electron chi connectivity index (χ0n) is 15.8. The minimum atomic E-state index is 0.0290. The molecule has 6 heteroatoms. The standard InChI is InChI=1S/C23H20ClN3O2/c24-19-3-1-16(2-4-19)20-5-6-21(28)27-13-15-11-18(22(20)27)14-26(12-15)23(29)17-7-9-25-10-8-17/h1-10,15,18H,11-14H2/t15-,18+/m0/s1. The molecule has 0 aliphatic carbocycles. The van der Waals surface area contributed by atoms with E-state index >= 15 is 0 Å². The third kappa shape index (κ3) is 3.25. The van der Waals surface area contributed by atoms with E-state index in [-0.39, 0.29) is 23.3 Å². The Morgan fingerprint density at radius 3 is 2.48 bits per heavy atom. The van der Waals surface area contributed by atoms with Gasteiger partial charge in [-0.2, -0.15) is 0 Å². The van der Waals surface area contributed by atoms with Crippen molar-refractivity contribution in [1.82, 2.24) is 14.5 Å². The van der Waals surface area contributed by atoms with Crippen molar-refractivity contribution in [3.8, 4) is 11.1 Å². The van der Waals surface area contributed by atoms with Crippen LogP contribution in [0.5, 0.6) is 0 Å². The summed E-state index contributed by atoms with van der Waals surface area (Å²) in [5.74, 6) is 0.444. The molecule has 0 unspecified atom stereocenters. The molecule has 0 N–H and O–H groups in total. The maximum absolute atomic E-state index is 13.0. The molecular formula is C23H20ClN3O2. The van der Waals surface area contributed by atoms with Gasteiger partial charge in [0, 0.05) is 65.9 Å². The molecular weight excluding hydrogens is 386 g/mol. The average molecular weight is 406 g/mol. The number of rotatable bonds is 2. The Morgan fingerprint density at radius 2 is 1.72 bits per heavy atom. The lowest BCUT2D eigenvalue weighted by Crippen LogP contribution is -2.49. The first-order valence-corrected chi connectivity index (χ1v) is 10.2. The van der Waals surface area contributed by atoms with Gasteiger partial charge in [0.2, 0.25) is 0 Å². The van der Waals surface area contributed by atoms with Gasteiger partial charge in [0.1, 0.15) is 0 Å². The van der Waals surface area contributed by atoms with Crippen molar-refractivity contribution in [3.63, 3.8) is 0 Å². The number of likely N-dealkylation sites (tertiary alicyclic amines) is 1. The fourth-order valence-electron chi connectivity index (χ4n) is 4.73. The van der Waals surface area contributed by atoms with Gasteiger partial charge >= 0.3 is 0 Å². The van der Waals surface area contributed by atoms with Crippen LogP contribution in [0.3, 0.4) is 0 Å². The Bertz CT molecular complexity index is 1130. The Morgan fingerprint density at radius 1 is 0.966 bits per heavy atom. The normalized spacial score (nSPS) is 20.2. The van der Waals surface area contributed by atoms with Crippen molar-refractivity contribution in [2.45, 2.75) is 18.9 Å². The lowest BCUT2D eigenvalue weighted by Gasteiger charge is -2.43. The second kappa shape index (κ2) is 7.16. The third-order valence-electron chi connectivity index (χ3n) is 5.96. The van der Waals surface area contributed by atoms with Crippen LogP contribution in [-0.4, -0.2) is 33.4 Å². The topological polar surface area (TPSA) is 55.2 Å². The maximum atomic E-state index is 13.0. The maximum Gasteiger partial charge on any atom is 0.253 e. The van der Waals surface area contributed by atoms with E-state index in [0.717, 1.165) is 23.2 Å². The van der Waals surface area contributed by atoms with Gasteiger partial charge in [0.05, 0.1) is 0 Å². The number of carbonyl (C=O) groups excluding carboxylic acids is 1. The second-order valence-corrected chi connectivity index (χ2v) is 8.27. The number of amides is 1. The Kier molecular flexibility index (Phi) is 4.47. The van der Waals surface area contributed by atoms with Gasteiger partial charge in [-0.3, -0.25) is 14.6 Å². The number of benzene rings is 1. The lowest BCUT2D eigenvalue weighted by atomic mass is 9.80. The molecule has 4 heterocycles. The van der Waals surface area contributed by atoms with Crippen LogP contribution in [0.25, 0.3) is 11.1 Å². The summed E-state index contributed by atoms with van der Waals surface area (Å²) in [5, 5.41) is 0.683. The van der Waals surface area contributed by atoms with Crippen LogP contribution in [0, 0.1) is 5.92 Å². The van der Waals surface area contributed by atoms with E-state index in [1.807, 2.05) is 39.8 Å². The molecule has 2 bridgehead atoms. The van der Waals surface area contributed by atoms with Gasteiger partial charge in [-0.15, -0.1) is 0 Å². The summed E-state index contributed by atoms with van der Waals surface area (Å²) in [6, 6.07) is 14.8. The summed E-state index contributed by atoms with van der Waals surface area (Å²) in [4.78, 5) is 31.6. The van der Waals surface area contributed by atoms with Gasteiger partial charge in [0.25, 0.3) is 11.5 Å². The van der Waals surface area contributed by atoms with Crippen molar-refractivity contribution in [2.24, 2.45) is 5.92 Å². The van der Waals surface area contributed by atoms with Crippen LogP contribution in [0.15, 0.2) is 65.7 Å². The van der Waals surface area contributed by atoms with E-state index < -0.39 is 0 Å². The highest BCUT2D eigenvalue weighted by Crippen LogP contribution is 2.40. The number of aromatic nitrogens is 2. The van der Waals surface area contributed by atoms with Gasteiger partial charge in [0.15, 0.2) is 0 Å². The fraction of sp³-hybridized carbons (Fsp3) is 0.261. The van der Waals surface area contributed by atoms with E-state index in [9.17, 15) is 9.59 Å². The van der Waals surface area contributed by atoms with E-state index in [0.29, 0.717) is 30.2 Å². The molecule has 3 aromatic rings. The van der Waals surface area contributed by atoms with E-state index in [1.165, 1.54) is 0 Å². The summed E-state index contributed by atoms with van der Waals surface area (Å²) in [5.41, 5.74) is 3.80. The number of piperidine rings is 1. The molecule has 5 nitrogen and oxygen atoms in total. The minimum Gasteiger partial charge on any atom is -0.338 e. The van der Waals surface area contributed by atoms with Crippen molar-refractivity contribution in [3.05, 3.63) is 87.6 Å². The predicted molar refractivity (Wildman–Crippen MR) is 112 cm³/mol. The summed E-state index contributed by atoms with van der Waals surface area (Å²) < 4.78 is 1.91. The second-order valence-electron chi connectivity index (χ2n) is 7.83. The Labute approximate surface area is 173 Å². The molecule has 0 spiro atoms. The molecule has 2 atom stereocenters. The van der Waals surface area contributed by atoms with Crippen molar-refractivity contribution < 1.29 is 4.79 Å². The number of hydrogen-bond acceptors (Lipinski definition) is 3. The molecule has 1 amide bonds. The number of pyridine rings is 2. The summed E-state index contributed by atoms with van der Waals surface area (Å²) in [6.45, 7) is 1.93. The van der Waals surface area contributed by atoms with Gasteiger partial charge in [-0.1, -0.05) is 23.7 Å². The van der Waals surface area contributed by atoms with Crippen LogP contribution in [-0.2, 0) is 6.54 Å². The van der Waals surface area contributed by atoms with Gasteiger partial charge < -0.3 is 9.47 Å². The number of nitrogens with zero attached hydrogens (tertiary/aromatic N) is 3. The van der Waals surface area contributed by atoms with Crippen LogP contribution >= 0.6 is 11.6 Å². The first kappa shape index (κ1) is 18.1. The molecule has 0 radical (unpaired) electrons. The number of fused-ring (bicyclic) bond motifs is 4. The molecule has 29 heavy (non-hydrogen) atoms. The predicted octanol–water partition coefficient (Wildman–Crippen LogP) is 3.82. The van der Waals surface area contributed by atoms with Crippen LogP contribution < -0.4 is 5.56 Å². The van der Waals surface area contributed by atoms with Gasteiger partial charge in [-0.05, 0) is 48.2 Å². The molecule has 2 aliphatic rings. The monoisotopic (exact) mass is 405 g/mol. The zero-order valence-corrected chi connectivity index (χ0v) is 16.5. The Balaban J connectivity index is 1.55. The molecule has 2 aromatic heterocycles. The fourth-order valence-corrected chi connectivity index (χ4v) is 4.86. The van der Waals surface area contributed by atoms with E-state index in [2.05, 4.69) is 4.98 Å². The van der Waals surface area contributed by atoms with Gasteiger partial charge in [-0.25, -0.2) is 0 Å². The molecule has 0 saturated carbocycles. The highest BCUT2D eigenvalue weighted by Gasteiger charge is 2.38. The first-order valence-electron chi connectivity index (χ1n) is 9.79. The smallest absolute Gasteiger partial charge is 0.253 e. The number of carbonyl (C=O) groups is 1. The van der Waals surface area contributed by atoms with Crippen molar-refractivity contribution in [1.29, 1.82) is 0 Å². The Hall–Kier alpha value is -2.92. The SMILES string of the molecule is O=C(c1ccncc1)N1C[C@@H]2C[C@H](C1)c1c(-c3ccc(Cl)cc3)ccc(=O)n1C2. The third-order valence-corrected chi connectivity index (χ3v) is 6.21. The van der Waals surface area contributed by atoms with Crippen LogP contribution in [0.4, 0.5) is 0 Å². The molecule has 1 fully saturated rings. The molecule has 1 aromatic carbocycles. The van der Waals surface area contributed by atoms with E-state index in [4.69, 9.17) is 11.6 Å². The lowest BCUT2D eigenvalue weighted by molar-refractivity contribution is 0.0595. The van der Waals surface area contributed by atoms with Crippen LogP contribution in [0.2, 0.25) is 5.02 Å². The van der Waals surface area contributed by atoms with E-state index in [1.54, 1.807) is 30.6 Å². The number of hydrogen-bond donors (Lipinski definition) is 0. The summed E-state index contributed by atoms with van der Waals surface area (Å²) in [7, 11) is 0. The summed E-state index contributed by atoms with van der Waals surface area (Å²) in [6.07, 6.45) is 4.28. The van der Waals surface area contributed by atoms with Crippen molar-refractivity contribution in [2.75, 3.05) is 13.1 Å². The molecule has 146 valence electrons. The molecule has 5 rings (SSSR count). The minimum absolute atomic E-state index is 0.0290. The average Bonchev–Trinajstić information content (AvgIpc) is 2.75. The molecule has 1 saturated heterocycles. The van der Waals surface area contributed by atoms with Crippen molar-refractivity contribution >= 4 is 17.5 Å². The van der Waals surface area contributed by atoms with Crippen LogP contribution in [0.1, 0.15) is 28.4 Å². The highest BCUT2D eigenvalue weighted by molar-refractivity contribution is 6.30. The molecule has 2 aliphatic heterocycles. The zero-order chi connectivity index (χ0) is 20.0. The summed E-state index contributed by atoms with van der Waals surface area (Å²) >= 11 is 6.06. The number of halogens is 1. The largest absolute Gasteiger partial charge is 0.338 e. The quantitative estimate of drug-likeness (QED) is 0.651. The first-order chi connectivity index (χ1) is 14.1. The highest BCUT2D eigenvalue weighted by atomic mass is 35.5.